The number of ether oxygens (including phenoxy) is 1. The Balaban J connectivity index is 2.93. The van der Waals surface area contributed by atoms with E-state index in [0.717, 1.165) is 12.1 Å². The van der Waals surface area contributed by atoms with Crippen LogP contribution in [-0.4, -0.2) is 22.5 Å². The first kappa shape index (κ1) is 12.9. The zero-order chi connectivity index (χ0) is 12.1. The van der Waals surface area contributed by atoms with Crippen LogP contribution in [-0.2, 0) is 11.2 Å². The number of carbonyl (C=O) groups is 1. The highest BCUT2D eigenvalue weighted by molar-refractivity contribution is 6.28. The molecule has 0 N–H and O–H groups in total. The zero-order valence-electron chi connectivity index (χ0n) is 9.66. The van der Waals surface area contributed by atoms with E-state index in [-0.39, 0.29) is 11.0 Å². The molecule has 0 saturated carbocycles. The quantitative estimate of drug-likeness (QED) is 0.601. The van der Waals surface area contributed by atoms with Gasteiger partial charge in [-0.1, -0.05) is 13.8 Å². The number of rotatable bonds is 4. The SMILES string of the molecule is CCOC(=O)c1cc(CC(C)C)nc(Cl)n1. The third kappa shape index (κ3) is 3.77. The Morgan fingerprint density at radius 3 is 2.75 bits per heavy atom. The fourth-order valence-electron chi connectivity index (χ4n) is 1.30. The zero-order valence-corrected chi connectivity index (χ0v) is 10.4. The van der Waals surface area contributed by atoms with Crippen molar-refractivity contribution < 1.29 is 9.53 Å². The molecule has 0 unspecified atom stereocenters. The number of carbonyl (C=O) groups excluding carboxylic acids is 1. The lowest BCUT2D eigenvalue weighted by molar-refractivity contribution is 0.0519. The van der Waals surface area contributed by atoms with E-state index in [0.29, 0.717) is 12.5 Å². The van der Waals surface area contributed by atoms with Crippen molar-refractivity contribution in [2.75, 3.05) is 6.61 Å². The van der Waals surface area contributed by atoms with Crippen molar-refractivity contribution in [1.29, 1.82) is 0 Å². The van der Waals surface area contributed by atoms with Gasteiger partial charge in [0.1, 0.15) is 0 Å². The molecule has 0 bridgehead atoms. The summed E-state index contributed by atoms with van der Waals surface area (Å²) in [7, 11) is 0. The van der Waals surface area contributed by atoms with Crippen LogP contribution in [0.4, 0.5) is 0 Å². The number of nitrogens with zero attached hydrogens (tertiary/aromatic N) is 2. The number of halogens is 1. The molecule has 0 amide bonds. The number of hydrogen-bond donors (Lipinski definition) is 0. The second-order valence-corrected chi connectivity index (χ2v) is 4.17. The van der Waals surface area contributed by atoms with Gasteiger partial charge in [-0.3, -0.25) is 0 Å². The predicted molar refractivity (Wildman–Crippen MR) is 61.5 cm³/mol. The Morgan fingerprint density at radius 1 is 1.50 bits per heavy atom. The van der Waals surface area contributed by atoms with Gasteiger partial charge in [0.15, 0.2) is 5.69 Å². The molecule has 0 aliphatic heterocycles. The molecule has 4 nitrogen and oxygen atoms in total. The van der Waals surface area contributed by atoms with Crippen LogP contribution in [0.3, 0.4) is 0 Å². The van der Waals surface area contributed by atoms with Crippen molar-refractivity contribution in [3.8, 4) is 0 Å². The maximum absolute atomic E-state index is 11.5. The van der Waals surface area contributed by atoms with E-state index in [2.05, 4.69) is 23.8 Å². The maximum Gasteiger partial charge on any atom is 0.357 e. The van der Waals surface area contributed by atoms with Gasteiger partial charge < -0.3 is 4.74 Å². The van der Waals surface area contributed by atoms with Crippen LogP contribution in [0.1, 0.15) is 37.0 Å². The molecule has 88 valence electrons. The lowest BCUT2D eigenvalue weighted by atomic mass is 10.1. The first-order valence-electron chi connectivity index (χ1n) is 5.23. The molecule has 1 aromatic rings. The summed E-state index contributed by atoms with van der Waals surface area (Å²) in [6.07, 6.45) is 0.759. The lowest BCUT2D eigenvalue weighted by Gasteiger charge is -2.06. The van der Waals surface area contributed by atoms with E-state index >= 15 is 0 Å². The fourth-order valence-corrected chi connectivity index (χ4v) is 1.50. The largest absolute Gasteiger partial charge is 0.461 e. The highest BCUT2D eigenvalue weighted by Crippen LogP contribution is 2.11. The maximum atomic E-state index is 11.5. The van der Waals surface area contributed by atoms with Gasteiger partial charge in [-0.25, -0.2) is 14.8 Å². The topological polar surface area (TPSA) is 52.1 Å². The molecule has 0 aromatic carbocycles. The second kappa shape index (κ2) is 5.80. The highest BCUT2D eigenvalue weighted by Gasteiger charge is 2.12. The van der Waals surface area contributed by atoms with Gasteiger partial charge >= 0.3 is 5.97 Å². The second-order valence-electron chi connectivity index (χ2n) is 3.83. The number of aromatic nitrogens is 2. The Bertz CT molecular complexity index is 380. The normalized spacial score (nSPS) is 10.6. The number of esters is 1. The van der Waals surface area contributed by atoms with Gasteiger partial charge in [0.2, 0.25) is 5.28 Å². The van der Waals surface area contributed by atoms with Crippen molar-refractivity contribution in [3.05, 3.63) is 22.7 Å². The minimum atomic E-state index is -0.461. The van der Waals surface area contributed by atoms with Crippen LogP contribution in [0.2, 0.25) is 5.28 Å². The van der Waals surface area contributed by atoms with Gasteiger partial charge in [-0.2, -0.15) is 0 Å². The van der Waals surface area contributed by atoms with E-state index in [9.17, 15) is 4.79 Å². The van der Waals surface area contributed by atoms with Crippen LogP contribution in [0.5, 0.6) is 0 Å². The van der Waals surface area contributed by atoms with E-state index < -0.39 is 5.97 Å². The standard InChI is InChI=1S/C11H15ClN2O2/c1-4-16-10(15)9-6-8(5-7(2)3)13-11(12)14-9/h6-7H,4-5H2,1-3H3. The van der Waals surface area contributed by atoms with Gasteiger partial charge in [0.05, 0.1) is 6.61 Å². The summed E-state index contributed by atoms with van der Waals surface area (Å²) in [6.45, 7) is 6.20. The average molecular weight is 243 g/mol. The van der Waals surface area contributed by atoms with Gasteiger partial charge in [0.25, 0.3) is 0 Å². The van der Waals surface area contributed by atoms with Crippen molar-refractivity contribution >= 4 is 17.6 Å². The average Bonchev–Trinajstić information content (AvgIpc) is 2.15. The first-order chi connectivity index (χ1) is 7.52. The van der Waals surface area contributed by atoms with Crippen LogP contribution in [0.15, 0.2) is 6.07 Å². The van der Waals surface area contributed by atoms with Crippen LogP contribution < -0.4 is 0 Å². The van der Waals surface area contributed by atoms with Gasteiger partial charge in [-0.15, -0.1) is 0 Å². The van der Waals surface area contributed by atoms with Crippen molar-refractivity contribution in [3.63, 3.8) is 0 Å². The summed E-state index contributed by atoms with van der Waals surface area (Å²) in [4.78, 5) is 19.4. The molecule has 0 aliphatic carbocycles. The van der Waals surface area contributed by atoms with Gasteiger partial charge in [0, 0.05) is 5.69 Å². The predicted octanol–water partition coefficient (Wildman–Crippen LogP) is 2.51. The van der Waals surface area contributed by atoms with Gasteiger partial charge in [-0.05, 0) is 36.9 Å². The van der Waals surface area contributed by atoms with Crippen LogP contribution in [0.25, 0.3) is 0 Å². The van der Waals surface area contributed by atoms with E-state index in [1.54, 1.807) is 13.0 Å². The molecule has 1 rings (SSSR count). The summed E-state index contributed by atoms with van der Waals surface area (Å²) < 4.78 is 4.86. The molecule has 0 saturated heterocycles. The van der Waals surface area contributed by atoms with Crippen molar-refractivity contribution in [2.45, 2.75) is 27.2 Å². The van der Waals surface area contributed by atoms with E-state index in [4.69, 9.17) is 16.3 Å². The summed E-state index contributed by atoms with van der Waals surface area (Å²) in [5.74, 6) is -0.0159. The summed E-state index contributed by atoms with van der Waals surface area (Å²) in [5.41, 5.74) is 0.982. The molecular formula is C11H15ClN2O2. The Hall–Kier alpha value is -1.16. The molecule has 0 fully saturated rings. The molecular weight excluding hydrogens is 228 g/mol. The highest BCUT2D eigenvalue weighted by atomic mass is 35.5. The van der Waals surface area contributed by atoms with E-state index in [1.165, 1.54) is 0 Å². The fraction of sp³-hybridized carbons (Fsp3) is 0.545. The summed E-state index contributed by atoms with van der Waals surface area (Å²) in [6, 6.07) is 1.63. The Kier molecular flexibility index (Phi) is 4.68. The lowest BCUT2D eigenvalue weighted by Crippen LogP contribution is -2.10. The smallest absolute Gasteiger partial charge is 0.357 e. The third-order valence-electron chi connectivity index (χ3n) is 1.85. The molecule has 1 aromatic heterocycles. The Morgan fingerprint density at radius 2 is 2.19 bits per heavy atom. The summed E-state index contributed by atoms with van der Waals surface area (Å²) >= 11 is 5.75. The van der Waals surface area contributed by atoms with Crippen LogP contribution in [0, 0.1) is 5.92 Å². The number of hydrogen-bond acceptors (Lipinski definition) is 4. The first-order valence-corrected chi connectivity index (χ1v) is 5.61. The van der Waals surface area contributed by atoms with E-state index in [1.807, 2.05) is 0 Å². The summed E-state index contributed by atoms with van der Waals surface area (Å²) in [5, 5.41) is 0.0844. The van der Waals surface area contributed by atoms with Crippen LogP contribution >= 0.6 is 11.6 Å². The molecule has 1 heterocycles. The molecule has 0 aliphatic rings. The Labute approximate surface area is 100 Å². The molecule has 0 spiro atoms. The minimum absolute atomic E-state index is 0.0844. The van der Waals surface area contributed by atoms with Crippen molar-refractivity contribution in [2.24, 2.45) is 5.92 Å². The molecule has 0 atom stereocenters. The molecule has 0 radical (unpaired) electrons. The minimum Gasteiger partial charge on any atom is -0.461 e. The molecule has 16 heavy (non-hydrogen) atoms. The monoisotopic (exact) mass is 242 g/mol. The van der Waals surface area contributed by atoms with Crippen molar-refractivity contribution in [1.82, 2.24) is 9.97 Å². The third-order valence-corrected chi connectivity index (χ3v) is 2.02. The molecule has 5 heteroatoms.